The Balaban J connectivity index is 1.45. The first-order valence-electron chi connectivity index (χ1n) is 10.8. The maximum Gasteiger partial charge on any atom is 0.254 e. The van der Waals surface area contributed by atoms with Crippen molar-refractivity contribution in [1.82, 2.24) is 20.1 Å². The van der Waals surface area contributed by atoms with E-state index in [0.717, 1.165) is 73.0 Å². The van der Waals surface area contributed by atoms with Gasteiger partial charge >= 0.3 is 0 Å². The van der Waals surface area contributed by atoms with Crippen molar-refractivity contribution in [3.05, 3.63) is 41.1 Å². The van der Waals surface area contributed by atoms with Crippen molar-refractivity contribution in [2.75, 3.05) is 32.7 Å². The molecule has 6 nitrogen and oxygen atoms in total. The minimum Gasteiger partial charge on any atom is -0.337 e. The first-order chi connectivity index (χ1) is 14.1. The molecule has 2 saturated heterocycles. The highest BCUT2D eigenvalue weighted by Crippen LogP contribution is 2.40. The van der Waals surface area contributed by atoms with Gasteiger partial charge in [-0.25, -0.2) is 0 Å². The van der Waals surface area contributed by atoms with Gasteiger partial charge in [-0.05, 0) is 50.8 Å². The highest BCUT2D eigenvalue weighted by atomic mass is 16.2. The van der Waals surface area contributed by atoms with E-state index in [2.05, 4.69) is 24.4 Å². The number of hydrogen-bond acceptors (Lipinski definition) is 4. The number of carbonyl (C=O) groups excluding carboxylic acids is 2. The maximum atomic E-state index is 13.6. The third-order valence-electron chi connectivity index (χ3n) is 6.46. The molecule has 6 heteroatoms. The van der Waals surface area contributed by atoms with Gasteiger partial charge in [-0.2, -0.15) is 0 Å². The smallest absolute Gasteiger partial charge is 0.254 e. The van der Waals surface area contributed by atoms with E-state index in [1.165, 1.54) is 0 Å². The summed E-state index contributed by atoms with van der Waals surface area (Å²) in [5.41, 5.74) is 3.87. The van der Waals surface area contributed by atoms with Crippen LogP contribution in [-0.4, -0.2) is 65.4 Å². The molecule has 2 aliphatic heterocycles. The molecule has 0 spiro atoms. The van der Waals surface area contributed by atoms with Crippen LogP contribution < -0.4 is 5.32 Å². The number of aryl methyl sites for hydroxylation is 1. The van der Waals surface area contributed by atoms with Crippen molar-refractivity contribution in [1.29, 1.82) is 0 Å². The average Bonchev–Trinajstić information content (AvgIpc) is 3.58. The Morgan fingerprint density at radius 2 is 2.03 bits per heavy atom. The number of fused-ring (bicyclic) bond motifs is 1. The van der Waals surface area contributed by atoms with Crippen LogP contribution in [0.25, 0.3) is 10.9 Å². The summed E-state index contributed by atoms with van der Waals surface area (Å²) in [7, 11) is 0. The van der Waals surface area contributed by atoms with Gasteiger partial charge in [0.2, 0.25) is 5.91 Å². The Bertz CT molecular complexity index is 969. The van der Waals surface area contributed by atoms with Crippen molar-refractivity contribution in [3.8, 4) is 0 Å². The van der Waals surface area contributed by atoms with Crippen LogP contribution in [0.3, 0.4) is 0 Å². The van der Waals surface area contributed by atoms with Crippen molar-refractivity contribution < 1.29 is 9.59 Å². The second-order valence-electron chi connectivity index (χ2n) is 8.70. The minimum absolute atomic E-state index is 0.0807. The molecule has 152 valence electrons. The van der Waals surface area contributed by atoms with Crippen LogP contribution in [0.1, 0.15) is 53.2 Å². The second-order valence-corrected chi connectivity index (χ2v) is 8.70. The summed E-state index contributed by atoms with van der Waals surface area (Å²) in [5.74, 6) is 0.730. The van der Waals surface area contributed by atoms with Gasteiger partial charge in [-0.3, -0.25) is 14.6 Å². The van der Waals surface area contributed by atoms with Gasteiger partial charge in [-0.15, -0.1) is 0 Å². The standard InChI is InChI=1S/C23H28N4O2/c1-15-4-7-20-18(11-15)19(12-21(25-20)16-5-6-16)23(29)26-9-2-3-17(14-26)27-10-8-24-13-22(27)28/h4,7,11-12,16-17,24H,2-3,5-6,8-10,13-14H2,1H3. The van der Waals surface area contributed by atoms with Gasteiger partial charge < -0.3 is 15.1 Å². The molecule has 2 aromatic rings. The number of hydrogen-bond donors (Lipinski definition) is 1. The van der Waals surface area contributed by atoms with Crippen molar-refractivity contribution in [2.24, 2.45) is 0 Å². The summed E-state index contributed by atoms with van der Waals surface area (Å²) in [5, 5.41) is 4.08. The molecule has 3 fully saturated rings. The fourth-order valence-electron chi connectivity index (χ4n) is 4.70. The minimum atomic E-state index is 0.0807. The van der Waals surface area contributed by atoms with Gasteiger partial charge in [0.25, 0.3) is 5.91 Å². The molecule has 1 N–H and O–H groups in total. The number of likely N-dealkylation sites (tertiary alicyclic amines) is 1. The highest BCUT2D eigenvalue weighted by molar-refractivity contribution is 6.06. The number of piperazine rings is 1. The van der Waals surface area contributed by atoms with Crippen LogP contribution in [0.4, 0.5) is 0 Å². The van der Waals surface area contributed by atoms with E-state index in [0.29, 0.717) is 19.0 Å². The van der Waals surface area contributed by atoms with Crippen LogP contribution in [0.5, 0.6) is 0 Å². The van der Waals surface area contributed by atoms with Crippen LogP contribution in [0.15, 0.2) is 24.3 Å². The molecule has 0 bridgehead atoms. The summed E-state index contributed by atoms with van der Waals surface area (Å²) in [6.45, 7) is 5.39. The third kappa shape index (κ3) is 3.62. The fraction of sp³-hybridized carbons (Fsp3) is 0.522. The number of piperidine rings is 1. The van der Waals surface area contributed by atoms with Gasteiger partial charge in [0.1, 0.15) is 0 Å². The number of nitrogens with zero attached hydrogens (tertiary/aromatic N) is 3. The summed E-state index contributed by atoms with van der Waals surface area (Å²) < 4.78 is 0. The Morgan fingerprint density at radius 1 is 1.17 bits per heavy atom. The van der Waals surface area contributed by atoms with Gasteiger partial charge in [0.05, 0.1) is 17.6 Å². The van der Waals surface area contributed by atoms with Crippen molar-refractivity contribution >= 4 is 22.7 Å². The van der Waals surface area contributed by atoms with Gasteiger partial charge in [-0.1, -0.05) is 11.6 Å². The lowest BCUT2D eigenvalue weighted by atomic mass is 9.99. The van der Waals surface area contributed by atoms with Crippen molar-refractivity contribution in [3.63, 3.8) is 0 Å². The highest BCUT2D eigenvalue weighted by Gasteiger charge is 2.33. The molecule has 1 atom stereocenters. The number of carbonyl (C=O) groups is 2. The molecule has 1 unspecified atom stereocenters. The Kier molecular flexibility index (Phi) is 4.74. The SMILES string of the molecule is Cc1ccc2nc(C3CC3)cc(C(=O)N3CCCC(N4CCNCC4=O)C3)c2c1. The van der Waals surface area contributed by atoms with E-state index in [4.69, 9.17) is 4.98 Å². The van der Waals surface area contributed by atoms with Crippen molar-refractivity contribution in [2.45, 2.75) is 44.6 Å². The predicted octanol–water partition coefficient (Wildman–Crippen LogP) is 2.46. The topological polar surface area (TPSA) is 65.5 Å². The Hall–Kier alpha value is -2.47. The fourth-order valence-corrected chi connectivity index (χ4v) is 4.70. The summed E-state index contributed by atoms with van der Waals surface area (Å²) in [4.78, 5) is 34.7. The first-order valence-corrected chi connectivity index (χ1v) is 10.8. The molecule has 0 radical (unpaired) electrons. The number of nitrogens with one attached hydrogen (secondary N) is 1. The quantitative estimate of drug-likeness (QED) is 0.872. The number of aromatic nitrogens is 1. The normalized spacial score (nSPS) is 22.9. The Labute approximate surface area is 171 Å². The molecule has 1 aliphatic carbocycles. The van der Waals surface area contributed by atoms with Gasteiger partial charge in [0.15, 0.2) is 0 Å². The molecule has 3 heterocycles. The summed E-state index contributed by atoms with van der Waals surface area (Å²) in [6.07, 6.45) is 4.23. The van der Waals surface area contributed by atoms with E-state index >= 15 is 0 Å². The van der Waals surface area contributed by atoms with Crippen LogP contribution in [0, 0.1) is 6.92 Å². The summed E-state index contributed by atoms with van der Waals surface area (Å²) >= 11 is 0. The molecule has 1 aromatic heterocycles. The zero-order chi connectivity index (χ0) is 20.0. The largest absolute Gasteiger partial charge is 0.337 e. The third-order valence-corrected chi connectivity index (χ3v) is 6.46. The van der Waals surface area contributed by atoms with E-state index in [9.17, 15) is 9.59 Å². The van der Waals surface area contributed by atoms with E-state index in [-0.39, 0.29) is 17.9 Å². The Morgan fingerprint density at radius 3 is 2.83 bits per heavy atom. The van der Waals surface area contributed by atoms with Crippen LogP contribution >= 0.6 is 0 Å². The lowest BCUT2D eigenvalue weighted by Gasteiger charge is -2.41. The predicted molar refractivity (Wildman–Crippen MR) is 112 cm³/mol. The van der Waals surface area contributed by atoms with E-state index in [1.54, 1.807) is 0 Å². The van der Waals surface area contributed by atoms with E-state index < -0.39 is 0 Å². The maximum absolute atomic E-state index is 13.6. The van der Waals surface area contributed by atoms with E-state index in [1.807, 2.05) is 21.9 Å². The molecule has 1 saturated carbocycles. The summed E-state index contributed by atoms with van der Waals surface area (Å²) in [6, 6.07) is 8.33. The number of rotatable bonds is 3. The average molecular weight is 393 g/mol. The molecule has 2 amide bonds. The zero-order valence-corrected chi connectivity index (χ0v) is 17.0. The van der Waals surface area contributed by atoms with Crippen LogP contribution in [-0.2, 0) is 4.79 Å². The van der Waals surface area contributed by atoms with Crippen LogP contribution in [0.2, 0.25) is 0 Å². The van der Waals surface area contributed by atoms with Gasteiger partial charge in [0, 0.05) is 49.2 Å². The molecule has 5 rings (SSSR count). The second kappa shape index (κ2) is 7.41. The molecular weight excluding hydrogens is 364 g/mol. The molecule has 3 aliphatic rings. The number of pyridine rings is 1. The molecule has 29 heavy (non-hydrogen) atoms. The zero-order valence-electron chi connectivity index (χ0n) is 17.0. The lowest BCUT2D eigenvalue weighted by Crippen LogP contribution is -2.57. The molecule has 1 aromatic carbocycles. The lowest BCUT2D eigenvalue weighted by molar-refractivity contribution is -0.135. The number of amides is 2. The first kappa shape index (κ1) is 18.6. The molecular formula is C23H28N4O2. The monoisotopic (exact) mass is 392 g/mol. The number of benzene rings is 1.